The van der Waals surface area contributed by atoms with E-state index in [0.717, 1.165) is 27.2 Å². The Labute approximate surface area is 161 Å². The zero-order valence-electron chi connectivity index (χ0n) is 15.4. The quantitative estimate of drug-likeness (QED) is 0.625. The molecule has 3 rings (SSSR count). The number of hydrogen-bond donors (Lipinski definition) is 0. The van der Waals surface area contributed by atoms with E-state index in [1.165, 1.54) is 0 Å². The van der Waals surface area contributed by atoms with Gasteiger partial charge in [0.2, 0.25) is 11.0 Å². The molecular weight excluding hydrogens is 366 g/mol. The molecule has 0 N–H and O–H groups in total. The lowest BCUT2D eigenvalue weighted by Crippen LogP contribution is -2.38. The van der Waals surface area contributed by atoms with Gasteiger partial charge in [0.05, 0.1) is 0 Å². The van der Waals surface area contributed by atoms with Crippen molar-refractivity contribution in [1.29, 1.82) is 0 Å². The van der Waals surface area contributed by atoms with Gasteiger partial charge in [-0.1, -0.05) is 47.0 Å². The lowest BCUT2D eigenvalue weighted by Gasteiger charge is -2.20. The van der Waals surface area contributed by atoms with Gasteiger partial charge in [-0.15, -0.1) is 0 Å². The second-order valence-electron chi connectivity index (χ2n) is 6.46. The first-order valence-corrected chi connectivity index (χ1v) is 8.68. The van der Waals surface area contributed by atoms with Crippen LogP contribution in [0.15, 0.2) is 41.0 Å². The normalized spacial score (nSPS) is 10.7. The van der Waals surface area contributed by atoms with Gasteiger partial charge in [-0.25, -0.2) is 9.53 Å². The number of carbonyl (C=O) groups excluding carboxylic acids is 2. The summed E-state index contributed by atoms with van der Waals surface area (Å²) in [5.74, 6) is -1.23. The number of benzene rings is 2. The molecule has 27 heavy (non-hydrogen) atoms. The molecule has 0 spiro atoms. The molecule has 0 aliphatic carbocycles. The maximum Gasteiger partial charge on any atom is 0.267 e. The van der Waals surface area contributed by atoms with Crippen LogP contribution in [-0.2, 0) is 0 Å². The van der Waals surface area contributed by atoms with Gasteiger partial charge in [0.15, 0.2) is 0 Å². The molecule has 6 nitrogen and oxygen atoms in total. The fourth-order valence-electron chi connectivity index (χ4n) is 2.94. The van der Waals surface area contributed by atoms with E-state index in [0.29, 0.717) is 11.1 Å². The van der Waals surface area contributed by atoms with Gasteiger partial charge in [-0.05, 0) is 61.3 Å². The minimum absolute atomic E-state index is 0.133. The number of hydrogen-bond acceptors (Lipinski definition) is 5. The van der Waals surface area contributed by atoms with Gasteiger partial charge in [0.1, 0.15) is 0 Å². The number of imide groups is 1. The van der Waals surface area contributed by atoms with Crippen molar-refractivity contribution in [2.24, 2.45) is 0 Å². The summed E-state index contributed by atoms with van der Waals surface area (Å²) < 4.78 is 4.62. The highest BCUT2D eigenvalue weighted by Gasteiger charge is 2.32. The van der Waals surface area contributed by atoms with Crippen molar-refractivity contribution in [1.82, 2.24) is 10.3 Å². The molecule has 3 aromatic rings. The third-order valence-electron chi connectivity index (χ3n) is 4.28. The van der Waals surface area contributed by atoms with Crippen LogP contribution in [0.25, 0.3) is 0 Å². The Kier molecular flexibility index (Phi) is 5.10. The van der Waals surface area contributed by atoms with Crippen molar-refractivity contribution in [2.75, 3.05) is 4.90 Å². The number of amides is 2. The van der Waals surface area contributed by atoms with Crippen LogP contribution in [0, 0.1) is 27.7 Å². The number of rotatable bonds is 3. The van der Waals surface area contributed by atoms with Crippen LogP contribution in [-0.4, -0.2) is 22.1 Å². The van der Waals surface area contributed by atoms with Crippen molar-refractivity contribution in [2.45, 2.75) is 27.7 Å². The van der Waals surface area contributed by atoms with Crippen LogP contribution in [0.2, 0.25) is 5.15 Å². The summed E-state index contributed by atoms with van der Waals surface area (Å²) >= 11 is 6.01. The van der Waals surface area contributed by atoms with E-state index in [-0.39, 0.29) is 11.0 Å². The van der Waals surface area contributed by atoms with E-state index >= 15 is 0 Å². The molecule has 0 aliphatic heterocycles. The Morgan fingerprint density at radius 3 is 1.70 bits per heavy atom. The zero-order chi connectivity index (χ0) is 19.7. The Morgan fingerprint density at radius 2 is 1.33 bits per heavy atom. The number of aryl methyl sites for hydroxylation is 4. The fourth-order valence-corrected chi connectivity index (χ4v) is 3.09. The van der Waals surface area contributed by atoms with Gasteiger partial charge in [0.25, 0.3) is 11.8 Å². The average Bonchev–Trinajstić information content (AvgIpc) is 3.00. The van der Waals surface area contributed by atoms with E-state index in [2.05, 4.69) is 14.9 Å². The molecule has 0 saturated heterocycles. The first-order valence-electron chi connectivity index (χ1n) is 8.31. The number of anilines is 1. The monoisotopic (exact) mass is 383 g/mol. The zero-order valence-corrected chi connectivity index (χ0v) is 16.2. The molecule has 0 radical (unpaired) electrons. The Hall–Kier alpha value is -2.99. The predicted octanol–water partition coefficient (Wildman–Crippen LogP) is 4.44. The van der Waals surface area contributed by atoms with E-state index in [4.69, 9.17) is 11.6 Å². The minimum Gasteiger partial charge on any atom is -0.268 e. The molecule has 2 amide bonds. The summed E-state index contributed by atoms with van der Waals surface area (Å²) in [6.07, 6.45) is 0. The fraction of sp³-hybridized carbons (Fsp3) is 0.200. The number of aromatic nitrogens is 2. The molecule has 0 aliphatic rings. The van der Waals surface area contributed by atoms with Crippen molar-refractivity contribution in [3.63, 3.8) is 0 Å². The molecule has 138 valence electrons. The standard InChI is InChI=1S/C20H18ClN3O3/c1-11-5-7-15(13(3)9-11)19(25)24(18-17(21)22-27-23-18)20(26)16-8-6-12(2)10-14(16)4/h5-10H,1-4H3. The molecule has 0 fully saturated rings. The Bertz CT molecular complexity index is 979. The molecule has 7 heteroatoms. The van der Waals surface area contributed by atoms with Crippen molar-refractivity contribution in [3.8, 4) is 0 Å². The third kappa shape index (κ3) is 3.61. The summed E-state index contributed by atoms with van der Waals surface area (Å²) in [5.41, 5.74) is 4.25. The number of halogens is 1. The van der Waals surface area contributed by atoms with E-state index in [1.54, 1.807) is 12.1 Å². The molecule has 0 atom stereocenters. The summed E-state index contributed by atoms with van der Waals surface area (Å²) in [4.78, 5) is 27.4. The van der Waals surface area contributed by atoms with Gasteiger partial charge in [-0.3, -0.25) is 9.59 Å². The summed E-state index contributed by atoms with van der Waals surface area (Å²) in [7, 11) is 0. The third-order valence-corrected chi connectivity index (χ3v) is 4.51. The van der Waals surface area contributed by atoms with Gasteiger partial charge < -0.3 is 0 Å². The second kappa shape index (κ2) is 7.32. The molecule has 0 unspecified atom stereocenters. The van der Waals surface area contributed by atoms with Gasteiger partial charge in [-0.2, -0.15) is 0 Å². The molecule has 2 aromatic carbocycles. The number of nitrogens with zero attached hydrogens (tertiary/aromatic N) is 3. The minimum atomic E-state index is -0.546. The van der Waals surface area contributed by atoms with Gasteiger partial charge >= 0.3 is 0 Å². The molecule has 1 aromatic heterocycles. The highest BCUT2D eigenvalue weighted by Crippen LogP contribution is 2.27. The lowest BCUT2D eigenvalue weighted by atomic mass is 10.0. The van der Waals surface area contributed by atoms with Crippen LogP contribution in [0.4, 0.5) is 5.82 Å². The van der Waals surface area contributed by atoms with E-state index in [1.807, 2.05) is 52.0 Å². The largest absolute Gasteiger partial charge is 0.268 e. The lowest BCUT2D eigenvalue weighted by molar-refractivity contribution is 0.0894. The smallest absolute Gasteiger partial charge is 0.267 e. The molecule has 0 saturated carbocycles. The first-order chi connectivity index (χ1) is 12.8. The highest BCUT2D eigenvalue weighted by atomic mass is 35.5. The van der Waals surface area contributed by atoms with Crippen molar-refractivity contribution < 1.29 is 14.2 Å². The average molecular weight is 384 g/mol. The molecule has 0 bridgehead atoms. The molecular formula is C20H18ClN3O3. The topological polar surface area (TPSA) is 76.3 Å². The predicted molar refractivity (Wildman–Crippen MR) is 102 cm³/mol. The summed E-state index contributed by atoms with van der Waals surface area (Å²) in [6.45, 7) is 7.47. The first kappa shape index (κ1) is 18.8. The van der Waals surface area contributed by atoms with Crippen molar-refractivity contribution in [3.05, 3.63) is 74.9 Å². The van der Waals surface area contributed by atoms with Crippen LogP contribution in [0.1, 0.15) is 43.0 Å². The van der Waals surface area contributed by atoms with E-state index in [9.17, 15) is 9.59 Å². The second-order valence-corrected chi connectivity index (χ2v) is 6.82. The van der Waals surface area contributed by atoms with Crippen molar-refractivity contribution >= 4 is 29.2 Å². The van der Waals surface area contributed by atoms with Crippen LogP contribution < -0.4 is 4.90 Å². The summed E-state index contributed by atoms with van der Waals surface area (Å²) in [6, 6.07) is 10.7. The van der Waals surface area contributed by atoms with E-state index < -0.39 is 11.8 Å². The SMILES string of the molecule is Cc1ccc(C(=O)N(C(=O)c2ccc(C)cc2C)c2nonc2Cl)c(C)c1. The maximum absolute atomic E-state index is 13.3. The molecule has 1 heterocycles. The summed E-state index contributed by atoms with van der Waals surface area (Å²) in [5, 5.41) is 7.00. The Balaban J connectivity index is 2.13. The van der Waals surface area contributed by atoms with Gasteiger partial charge in [0, 0.05) is 11.1 Å². The Morgan fingerprint density at radius 1 is 0.852 bits per heavy atom. The maximum atomic E-state index is 13.3. The highest BCUT2D eigenvalue weighted by molar-refractivity contribution is 6.35. The number of carbonyl (C=O) groups is 2. The van der Waals surface area contributed by atoms with Crippen LogP contribution >= 0.6 is 11.6 Å². The van der Waals surface area contributed by atoms with Crippen LogP contribution in [0.3, 0.4) is 0 Å². The van der Waals surface area contributed by atoms with Crippen LogP contribution in [0.5, 0.6) is 0 Å².